The zero-order chi connectivity index (χ0) is 10.4. The number of benzene rings is 1. The van der Waals surface area contributed by atoms with E-state index < -0.39 is 0 Å². The molecule has 2 heteroatoms. The van der Waals surface area contributed by atoms with Gasteiger partial charge in [-0.15, -0.1) is 0 Å². The van der Waals surface area contributed by atoms with Gasteiger partial charge >= 0.3 is 0 Å². The van der Waals surface area contributed by atoms with Crippen LogP contribution in [0.3, 0.4) is 0 Å². The molecule has 1 rings (SSSR count). The van der Waals surface area contributed by atoms with E-state index in [1.807, 2.05) is 6.20 Å². The molecule has 0 unspecified atom stereocenters. The first-order chi connectivity index (χ1) is 6.72. The number of hydrogen-bond donors (Lipinski definition) is 1. The van der Waals surface area contributed by atoms with Gasteiger partial charge in [-0.1, -0.05) is 24.6 Å². The maximum Gasteiger partial charge on any atom is 0.123 e. The predicted molar refractivity (Wildman–Crippen MR) is 57.3 cm³/mol. The van der Waals surface area contributed by atoms with Crippen LogP contribution >= 0.6 is 0 Å². The average Bonchev–Trinajstić information content (AvgIpc) is 2.21. The van der Waals surface area contributed by atoms with Gasteiger partial charge in [0.1, 0.15) is 5.82 Å². The van der Waals surface area contributed by atoms with Crippen LogP contribution in [0.1, 0.15) is 25.8 Å². The highest BCUT2D eigenvalue weighted by Gasteiger charge is 1.91. The molecule has 14 heavy (non-hydrogen) atoms. The number of nitrogens with one attached hydrogen (secondary N) is 1. The van der Waals surface area contributed by atoms with Gasteiger partial charge in [0.05, 0.1) is 0 Å². The molecule has 0 aliphatic rings. The van der Waals surface area contributed by atoms with E-state index in [0.717, 1.165) is 18.5 Å². The molecule has 1 N–H and O–H groups in total. The van der Waals surface area contributed by atoms with Gasteiger partial charge in [0.15, 0.2) is 0 Å². The molecular weight excluding hydrogens is 177 g/mol. The van der Waals surface area contributed by atoms with Crippen LogP contribution in [0.4, 0.5) is 4.39 Å². The Balaban J connectivity index is 2.42. The molecule has 0 fully saturated rings. The summed E-state index contributed by atoms with van der Waals surface area (Å²) >= 11 is 0. The second-order valence-corrected chi connectivity index (χ2v) is 3.35. The zero-order valence-electron chi connectivity index (χ0n) is 8.68. The Kier molecular flexibility index (Phi) is 4.17. The monoisotopic (exact) mass is 193 g/mol. The maximum absolute atomic E-state index is 12.6. The Morgan fingerprint density at radius 3 is 2.57 bits per heavy atom. The first-order valence-corrected chi connectivity index (χ1v) is 4.86. The minimum atomic E-state index is -0.186. The van der Waals surface area contributed by atoms with Gasteiger partial charge in [-0.2, -0.15) is 0 Å². The van der Waals surface area contributed by atoms with Crippen LogP contribution in [0, 0.1) is 5.82 Å². The minimum absolute atomic E-state index is 0.186. The van der Waals surface area contributed by atoms with Crippen molar-refractivity contribution in [2.45, 2.75) is 26.8 Å². The highest BCUT2D eigenvalue weighted by molar-refractivity contribution is 5.16. The van der Waals surface area contributed by atoms with E-state index in [1.165, 1.54) is 17.7 Å². The summed E-state index contributed by atoms with van der Waals surface area (Å²) < 4.78 is 12.6. The van der Waals surface area contributed by atoms with Crippen LogP contribution in [0.5, 0.6) is 0 Å². The molecule has 0 amide bonds. The summed E-state index contributed by atoms with van der Waals surface area (Å²) in [6, 6.07) is 6.54. The second-order valence-electron chi connectivity index (χ2n) is 3.35. The van der Waals surface area contributed by atoms with E-state index in [1.54, 1.807) is 12.1 Å². The van der Waals surface area contributed by atoms with Crippen LogP contribution in [0.15, 0.2) is 36.0 Å². The van der Waals surface area contributed by atoms with Gasteiger partial charge in [0.2, 0.25) is 0 Å². The zero-order valence-corrected chi connectivity index (χ0v) is 8.68. The molecule has 0 spiro atoms. The Morgan fingerprint density at radius 2 is 2.00 bits per heavy atom. The van der Waals surface area contributed by atoms with Crippen LogP contribution in [0.25, 0.3) is 0 Å². The van der Waals surface area contributed by atoms with E-state index in [4.69, 9.17) is 0 Å². The van der Waals surface area contributed by atoms with Gasteiger partial charge in [-0.05, 0) is 37.2 Å². The number of halogens is 1. The van der Waals surface area contributed by atoms with Crippen molar-refractivity contribution in [1.82, 2.24) is 5.32 Å². The summed E-state index contributed by atoms with van der Waals surface area (Å²) in [6.07, 6.45) is 3.06. The normalized spacial score (nSPS) is 11.5. The van der Waals surface area contributed by atoms with E-state index in [2.05, 4.69) is 19.2 Å². The molecule has 76 valence electrons. The van der Waals surface area contributed by atoms with Crippen molar-refractivity contribution < 1.29 is 4.39 Å². The summed E-state index contributed by atoms with van der Waals surface area (Å²) in [7, 11) is 0. The molecule has 0 aliphatic carbocycles. The van der Waals surface area contributed by atoms with Gasteiger partial charge in [-0.3, -0.25) is 0 Å². The van der Waals surface area contributed by atoms with Crippen molar-refractivity contribution >= 4 is 0 Å². The highest BCUT2D eigenvalue weighted by Crippen LogP contribution is 2.02. The number of allylic oxidation sites excluding steroid dienone is 1. The van der Waals surface area contributed by atoms with Crippen molar-refractivity contribution in [3.05, 3.63) is 47.4 Å². The van der Waals surface area contributed by atoms with Gasteiger partial charge in [0.25, 0.3) is 0 Å². The predicted octanol–water partition coefficient (Wildman–Crippen LogP) is 3.23. The Hall–Kier alpha value is -1.31. The molecule has 1 nitrogen and oxygen atoms in total. The Morgan fingerprint density at radius 1 is 1.36 bits per heavy atom. The average molecular weight is 193 g/mol. The molecule has 1 aromatic carbocycles. The quantitative estimate of drug-likeness (QED) is 0.774. The lowest BCUT2D eigenvalue weighted by atomic mass is 10.2. The van der Waals surface area contributed by atoms with Gasteiger partial charge in [0, 0.05) is 6.54 Å². The topological polar surface area (TPSA) is 12.0 Å². The molecule has 0 heterocycles. The SMILES string of the molecule is CC/C(C)=C/NCc1ccc(F)cc1. The molecule has 0 aliphatic heterocycles. The van der Waals surface area contributed by atoms with Gasteiger partial charge < -0.3 is 5.32 Å². The molecule has 0 radical (unpaired) electrons. The van der Waals surface area contributed by atoms with E-state index in [-0.39, 0.29) is 5.82 Å². The lowest BCUT2D eigenvalue weighted by Gasteiger charge is -2.02. The Bertz CT molecular complexity index is 301. The van der Waals surface area contributed by atoms with Crippen LogP contribution in [-0.2, 0) is 6.54 Å². The summed E-state index contributed by atoms with van der Waals surface area (Å²) in [6.45, 7) is 4.95. The first kappa shape index (κ1) is 10.8. The van der Waals surface area contributed by atoms with Crippen molar-refractivity contribution in [3.8, 4) is 0 Å². The summed E-state index contributed by atoms with van der Waals surface area (Å²) in [5.41, 5.74) is 2.40. The molecule has 0 saturated carbocycles. The molecule has 0 bridgehead atoms. The molecule has 0 aromatic heterocycles. The van der Waals surface area contributed by atoms with Crippen LogP contribution in [-0.4, -0.2) is 0 Å². The third kappa shape index (κ3) is 3.60. The summed E-state index contributed by atoms with van der Waals surface area (Å²) in [4.78, 5) is 0. The second kappa shape index (κ2) is 5.43. The fraction of sp³-hybridized carbons (Fsp3) is 0.333. The number of rotatable bonds is 4. The largest absolute Gasteiger partial charge is 0.387 e. The summed E-state index contributed by atoms with van der Waals surface area (Å²) in [5, 5.41) is 3.19. The molecule has 1 aromatic rings. The van der Waals surface area contributed by atoms with Crippen molar-refractivity contribution in [2.24, 2.45) is 0 Å². The molecule has 0 atom stereocenters. The third-order valence-corrected chi connectivity index (χ3v) is 2.13. The molecular formula is C12H16FN. The van der Waals surface area contributed by atoms with Crippen molar-refractivity contribution in [1.29, 1.82) is 0 Å². The minimum Gasteiger partial charge on any atom is -0.387 e. The van der Waals surface area contributed by atoms with E-state index in [0.29, 0.717) is 0 Å². The molecule has 0 saturated heterocycles. The van der Waals surface area contributed by atoms with Crippen molar-refractivity contribution in [2.75, 3.05) is 0 Å². The van der Waals surface area contributed by atoms with E-state index in [9.17, 15) is 4.39 Å². The Labute approximate surface area is 84.6 Å². The maximum atomic E-state index is 12.6. The van der Waals surface area contributed by atoms with E-state index >= 15 is 0 Å². The van der Waals surface area contributed by atoms with Crippen molar-refractivity contribution in [3.63, 3.8) is 0 Å². The standard InChI is InChI=1S/C12H16FN/c1-3-10(2)8-14-9-11-4-6-12(13)7-5-11/h4-8,14H,3,9H2,1-2H3/b10-8+. The lowest BCUT2D eigenvalue weighted by molar-refractivity contribution is 0.626. The highest BCUT2D eigenvalue weighted by atomic mass is 19.1. The first-order valence-electron chi connectivity index (χ1n) is 4.86. The smallest absolute Gasteiger partial charge is 0.123 e. The fourth-order valence-electron chi connectivity index (χ4n) is 1.05. The number of hydrogen-bond acceptors (Lipinski definition) is 1. The van der Waals surface area contributed by atoms with Crippen LogP contribution < -0.4 is 5.32 Å². The van der Waals surface area contributed by atoms with Gasteiger partial charge in [-0.25, -0.2) is 4.39 Å². The fourth-order valence-corrected chi connectivity index (χ4v) is 1.05. The summed E-state index contributed by atoms with van der Waals surface area (Å²) in [5.74, 6) is -0.186. The lowest BCUT2D eigenvalue weighted by Crippen LogP contribution is -2.05. The third-order valence-electron chi connectivity index (χ3n) is 2.13. The van der Waals surface area contributed by atoms with Crippen LogP contribution in [0.2, 0.25) is 0 Å².